The van der Waals surface area contributed by atoms with Crippen molar-refractivity contribution in [1.82, 2.24) is 20.7 Å². The first kappa shape index (κ1) is 13.7. The number of hydrogen-bond donors (Lipinski definition) is 2. The van der Waals surface area contributed by atoms with Gasteiger partial charge < -0.3 is 5.32 Å². The molecule has 1 aromatic carbocycles. The molecule has 0 unspecified atom stereocenters. The predicted molar refractivity (Wildman–Crippen MR) is 76.9 cm³/mol. The van der Waals surface area contributed by atoms with Crippen molar-refractivity contribution < 1.29 is 0 Å². The predicted octanol–water partition coefficient (Wildman–Crippen LogP) is 2.68. The molecule has 2 N–H and O–H groups in total. The lowest BCUT2D eigenvalue weighted by Gasteiger charge is -2.03. The lowest BCUT2D eigenvalue weighted by atomic mass is 10.1. The van der Waals surface area contributed by atoms with Gasteiger partial charge in [-0.05, 0) is 18.5 Å². The molecule has 0 spiro atoms. The number of unbranched alkanes of at least 4 members (excludes halogenated alkanes) is 2. The van der Waals surface area contributed by atoms with E-state index in [2.05, 4.69) is 51.9 Å². The van der Waals surface area contributed by atoms with Crippen LogP contribution in [0, 0.1) is 0 Å². The van der Waals surface area contributed by atoms with Crippen molar-refractivity contribution in [1.29, 1.82) is 0 Å². The summed E-state index contributed by atoms with van der Waals surface area (Å²) in [5.74, 6) is 0. The van der Waals surface area contributed by atoms with Gasteiger partial charge in [-0.15, -0.1) is 0 Å². The summed E-state index contributed by atoms with van der Waals surface area (Å²) in [7, 11) is 0. The van der Waals surface area contributed by atoms with Gasteiger partial charge in [-0.2, -0.15) is 15.4 Å². The van der Waals surface area contributed by atoms with E-state index in [4.69, 9.17) is 0 Å². The van der Waals surface area contributed by atoms with E-state index < -0.39 is 0 Å². The highest BCUT2D eigenvalue weighted by Gasteiger charge is 2.07. The van der Waals surface area contributed by atoms with Gasteiger partial charge in [0.1, 0.15) is 0 Å². The number of aromatic nitrogens is 3. The smallest absolute Gasteiger partial charge is 0.0997 e. The summed E-state index contributed by atoms with van der Waals surface area (Å²) in [5.41, 5.74) is 3.33. The van der Waals surface area contributed by atoms with Gasteiger partial charge in [0.25, 0.3) is 0 Å². The van der Waals surface area contributed by atoms with E-state index >= 15 is 0 Å². The molecule has 0 saturated heterocycles. The minimum atomic E-state index is 0.794. The Balaban J connectivity index is 1.84. The van der Waals surface area contributed by atoms with Gasteiger partial charge in [-0.25, -0.2) is 0 Å². The Hall–Kier alpha value is -1.68. The molecular weight excluding hydrogens is 236 g/mol. The monoisotopic (exact) mass is 258 g/mol. The first-order chi connectivity index (χ1) is 9.40. The molecule has 2 aromatic rings. The number of nitrogens with one attached hydrogen (secondary N) is 2. The van der Waals surface area contributed by atoms with E-state index in [-0.39, 0.29) is 0 Å². The molecule has 0 radical (unpaired) electrons. The molecule has 102 valence electrons. The van der Waals surface area contributed by atoms with Crippen molar-refractivity contribution in [3.63, 3.8) is 0 Å². The molecular formula is C15H22N4. The normalized spacial score (nSPS) is 10.8. The van der Waals surface area contributed by atoms with Crippen LogP contribution >= 0.6 is 0 Å². The molecule has 2 rings (SSSR count). The highest BCUT2D eigenvalue weighted by atomic mass is 15.3. The lowest BCUT2D eigenvalue weighted by molar-refractivity contribution is 0.608. The fourth-order valence-electron chi connectivity index (χ4n) is 2.05. The highest BCUT2D eigenvalue weighted by molar-refractivity contribution is 5.23. The first-order valence-corrected chi connectivity index (χ1v) is 7.03. The van der Waals surface area contributed by atoms with Crippen molar-refractivity contribution in [3.8, 4) is 0 Å². The van der Waals surface area contributed by atoms with E-state index in [9.17, 15) is 0 Å². The number of hydrogen-bond acceptors (Lipinski definition) is 3. The van der Waals surface area contributed by atoms with Gasteiger partial charge in [0.15, 0.2) is 0 Å². The topological polar surface area (TPSA) is 53.6 Å². The van der Waals surface area contributed by atoms with Crippen LogP contribution in [0.15, 0.2) is 30.3 Å². The van der Waals surface area contributed by atoms with Gasteiger partial charge in [-0.1, -0.05) is 50.1 Å². The second-order valence-corrected chi connectivity index (χ2v) is 4.76. The molecule has 0 aliphatic carbocycles. The third-order valence-electron chi connectivity index (χ3n) is 3.17. The molecule has 4 heteroatoms. The van der Waals surface area contributed by atoms with Crippen molar-refractivity contribution >= 4 is 0 Å². The van der Waals surface area contributed by atoms with Crippen LogP contribution in [0.1, 0.15) is 43.1 Å². The van der Waals surface area contributed by atoms with Gasteiger partial charge in [0.2, 0.25) is 0 Å². The third-order valence-corrected chi connectivity index (χ3v) is 3.17. The minimum absolute atomic E-state index is 0.794. The standard InChI is InChI=1S/C15H22N4/c1-2-3-7-10-16-12-15-14(17-19-18-15)11-13-8-5-4-6-9-13/h4-6,8-9,16H,2-3,7,10-12H2,1H3,(H,17,18,19). The van der Waals surface area contributed by atoms with Crippen LogP contribution < -0.4 is 5.32 Å². The van der Waals surface area contributed by atoms with Crippen LogP contribution in [-0.4, -0.2) is 22.0 Å². The number of rotatable bonds is 8. The molecule has 1 aromatic heterocycles. The summed E-state index contributed by atoms with van der Waals surface area (Å²) in [6, 6.07) is 10.4. The van der Waals surface area contributed by atoms with E-state index in [0.717, 1.165) is 30.9 Å². The molecule has 19 heavy (non-hydrogen) atoms. The van der Waals surface area contributed by atoms with Crippen LogP contribution in [0.3, 0.4) is 0 Å². The average molecular weight is 258 g/mol. The Labute approximate surface area is 114 Å². The van der Waals surface area contributed by atoms with E-state index in [1.54, 1.807) is 0 Å². The molecule has 4 nitrogen and oxygen atoms in total. The van der Waals surface area contributed by atoms with Gasteiger partial charge in [0, 0.05) is 13.0 Å². The zero-order valence-electron chi connectivity index (χ0n) is 11.5. The Bertz CT molecular complexity index is 464. The second kappa shape index (κ2) is 7.69. The maximum atomic E-state index is 4.25. The molecule has 0 saturated carbocycles. The zero-order valence-corrected chi connectivity index (χ0v) is 11.5. The highest BCUT2D eigenvalue weighted by Crippen LogP contribution is 2.09. The molecule has 1 heterocycles. The summed E-state index contributed by atoms with van der Waals surface area (Å²) >= 11 is 0. The summed E-state index contributed by atoms with van der Waals surface area (Å²) in [5, 5.41) is 14.6. The third kappa shape index (κ3) is 4.48. The maximum Gasteiger partial charge on any atom is 0.0997 e. The van der Waals surface area contributed by atoms with Crippen LogP contribution in [0.2, 0.25) is 0 Å². The fourth-order valence-corrected chi connectivity index (χ4v) is 2.05. The second-order valence-electron chi connectivity index (χ2n) is 4.76. The largest absolute Gasteiger partial charge is 0.311 e. The quantitative estimate of drug-likeness (QED) is 0.716. The molecule has 0 amide bonds. The number of benzene rings is 1. The average Bonchev–Trinajstić information content (AvgIpc) is 2.87. The van der Waals surface area contributed by atoms with Crippen molar-refractivity contribution in [2.75, 3.05) is 6.54 Å². The van der Waals surface area contributed by atoms with Gasteiger partial charge in [-0.3, -0.25) is 0 Å². The lowest BCUT2D eigenvalue weighted by Crippen LogP contribution is -2.16. The Kier molecular flexibility index (Phi) is 5.56. The SMILES string of the molecule is CCCCCNCc1n[nH]nc1Cc1ccccc1. The molecule has 0 fully saturated rings. The summed E-state index contributed by atoms with van der Waals surface area (Å²) in [6.07, 6.45) is 4.60. The van der Waals surface area contributed by atoms with E-state index in [0.29, 0.717) is 0 Å². The van der Waals surface area contributed by atoms with Gasteiger partial charge >= 0.3 is 0 Å². The fraction of sp³-hybridized carbons (Fsp3) is 0.467. The van der Waals surface area contributed by atoms with Crippen molar-refractivity contribution in [3.05, 3.63) is 47.3 Å². The molecule has 0 aliphatic rings. The Morgan fingerprint density at radius 2 is 1.84 bits per heavy atom. The maximum absolute atomic E-state index is 4.25. The van der Waals surface area contributed by atoms with E-state index in [1.165, 1.54) is 24.8 Å². The zero-order chi connectivity index (χ0) is 13.3. The Morgan fingerprint density at radius 1 is 1.05 bits per heavy atom. The minimum Gasteiger partial charge on any atom is -0.311 e. The van der Waals surface area contributed by atoms with E-state index in [1.807, 2.05) is 6.07 Å². The summed E-state index contributed by atoms with van der Waals surface area (Å²) in [4.78, 5) is 0. The van der Waals surface area contributed by atoms with Crippen molar-refractivity contribution in [2.45, 2.75) is 39.2 Å². The van der Waals surface area contributed by atoms with Crippen LogP contribution in [0.25, 0.3) is 0 Å². The van der Waals surface area contributed by atoms with Crippen LogP contribution in [-0.2, 0) is 13.0 Å². The number of aromatic amines is 1. The van der Waals surface area contributed by atoms with Crippen LogP contribution in [0.4, 0.5) is 0 Å². The molecule has 0 atom stereocenters. The molecule has 0 bridgehead atoms. The first-order valence-electron chi connectivity index (χ1n) is 7.03. The van der Waals surface area contributed by atoms with Crippen molar-refractivity contribution in [2.24, 2.45) is 0 Å². The van der Waals surface area contributed by atoms with Gasteiger partial charge in [0.05, 0.1) is 11.4 Å². The summed E-state index contributed by atoms with van der Waals surface area (Å²) in [6.45, 7) is 4.06. The van der Waals surface area contributed by atoms with Crippen LogP contribution in [0.5, 0.6) is 0 Å². The molecule has 0 aliphatic heterocycles. The number of nitrogens with zero attached hydrogens (tertiary/aromatic N) is 2. The number of H-pyrrole nitrogens is 1. The summed E-state index contributed by atoms with van der Waals surface area (Å²) < 4.78 is 0. The Morgan fingerprint density at radius 3 is 2.63 bits per heavy atom.